The summed E-state index contributed by atoms with van der Waals surface area (Å²) < 4.78 is 6.19. The summed E-state index contributed by atoms with van der Waals surface area (Å²) >= 11 is 2.06. The van der Waals surface area contributed by atoms with E-state index in [9.17, 15) is 0 Å². The first-order chi connectivity index (χ1) is 10.2. The van der Waals surface area contributed by atoms with Gasteiger partial charge in [0.05, 0.1) is 5.60 Å². The van der Waals surface area contributed by atoms with Gasteiger partial charge in [0, 0.05) is 18.4 Å². The van der Waals surface area contributed by atoms with Gasteiger partial charge in [-0.1, -0.05) is 37.3 Å². The molecule has 4 unspecified atom stereocenters. The molecule has 1 N–H and O–H groups in total. The van der Waals surface area contributed by atoms with Crippen LogP contribution in [0.2, 0.25) is 0 Å². The van der Waals surface area contributed by atoms with Gasteiger partial charge in [-0.25, -0.2) is 0 Å². The Bertz CT molecular complexity index is 444. The predicted octanol–water partition coefficient (Wildman–Crippen LogP) is 3.68. The molecule has 0 aliphatic carbocycles. The minimum absolute atomic E-state index is 0.180. The van der Waals surface area contributed by atoms with Gasteiger partial charge in [-0.05, 0) is 49.5 Å². The number of benzene rings is 1. The van der Waals surface area contributed by atoms with E-state index in [1.54, 1.807) is 0 Å². The summed E-state index contributed by atoms with van der Waals surface area (Å²) in [5.74, 6) is 3.73. The van der Waals surface area contributed by atoms with Gasteiger partial charge in [0.2, 0.25) is 0 Å². The highest BCUT2D eigenvalue weighted by atomic mass is 32.2. The predicted molar refractivity (Wildman–Crippen MR) is 91.1 cm³/mol. The Morgan fingerprint density at radius 3 is 2.81 bits per heavy atom. The van der Waals surface area contributed by atoms with E-state index in [0.29, 0.717) is 12.0 Å². The molecule has 21 heavy (non-hydrogen) atoms. The van der Waals surface area contributed by atoms with Crippen LogP contribution in [0.25, 0.3) is 0 Å². The third kappa shape index (κ3) is 3.30. The minimum atomic E-state index is 0.180. The van der Waals surface area contributed by atoms with Crippen molar-refractivity contribution >= 4 is 11.8 Å². The number of likely N-dealkylation sites (N-methyl/N-ethyl adjacent to an activating group) is 1. The smallest absolute Gasteiger partial charge is 0.0783 e. The van der Waals surface area contributed by atoms with Gasteiger partial charge >= 0.3 is 0 Å². The summed E-state index contributed by atoms with van der Waals surface area (Å²) in [6.45, 7) is 3.30. The van der Waals surface area contributed by atoms with Crippen LogP contribution in [0.3, 0.4) is 0 Å². The average Bonchev–Trinajstić information content (AvgIpc) is 2.96. The van der Waals surface area contributed by atoms with Crippen molar-refractivity contribution < 1.29 is 4.74 Å². The molecule has 0 radical (unpaired) electrons. The van der Waals surface area contributed by atoms with Crippen molar-refractivity contribution in [3.63, 3.8) is 0 Å². The van der Waals surface area contributed by atoms with Gasteiger partial charge < -0.3 is 10.1 Å². The number of nitrogens with one attached hydrogen (secondary N) is 1. The van der Waals surface area contributed by atoms with E-state index in [0.717, 1.165) is 12.5 Å². The molecule has 0 aromatic heterocycles. The molecule has 1 spiro atoms. The van der Waals surface area contributed by atoms with Crippen LogP contribution in [0.15, 0.2) is 30.3 Å². The summed E-state index contributed by atoms with van der Waals surface area (Å²) in [4.78, 5) is 0. The SMILES string of the molecule is CNC(C1CCOC2(CCSC2)C1)C(C)c1ccccc1. The second-order valence-corrected chi connectivity index (χ2v) is 7.71. The fourth-order valence-corrected chi connectivity index (χ4v) is 5.47. The molecular formula is C18H27NOS. The Labute approximate surface area is 133 Å². The van der Waals surface area contributed by atoms with Crippen molar-refractivity contribution in [3.05, 3.63) is 35.9 Å². The Morgan fingerprint density at radius 2 is 2.14 bits per heavy atom. The van der Waals surface area contributed by atoms with Gasteiger partial charge in [0.1, 0.15) is 0 Å². The minimum Gasteiger partial charge on any atom is -0.374 e. The van der Waals surface area contributed by atoms with Gasteiger partial charge in [0.25, 0.3) is 0 Å². The van der Waals surface area contributed by atoms with E-state index >= 15 is 0 Å². The third-order valence-electron chi connectivity index (χ3n) is 5.30. The van der Waals surface area contributed by atoms with E-state index in [1.807, 2.05) is 0 Å². The molecule has 0 saturated carbocycles. The fraction of sp³-hybridized carbons (Fsp3) is 0.667. The van der Waals surface area contributed by atoms with Gasteiger partial charge in [-0.15, -0.1) is 0 Å². The quantitative estimate of drug-likeness (QED) is 0.917. The highest BCUT2D eigenvalue weighted by molar-refractivity contribution is 7.99. The standard InChI is InChI=1S/C18H27NOS/c1-14(15-6-4-3-5-7-15)17(19-2)16-8-10-20-18(12-16)9-11-21-13-18/h3-7,14,16-17,19H,8-13H2,1-2H3. The third-order valence-corrected chi connectivity index (χ3v) is 6.53. The highest BCUT2D eigenvalue weighted by Gasteiger charge is 2.43. The highest BCUT2D eigenvalue weighted by Crippen LogP contribution is 2.43. The Balaban J connectivity index is 1.73. The average molecular weight is 305 g/mol. The molecule has 2 heterocycles. The van der Waals surface area contributed by atoms with Crippen LogP contribution < -0.4 is 5.32 Å². The van der Waals surface area contributed by atoms with Crippen LogP contribution in [0.5, 0.6) is 0 Å². The van der Waals surface area contributed by atoms with Crippen molar-refractivity contribution in [2.45, 2.75) is 43.7 Å². The summed E-state index contributed by atoms with van der Waals surface area (Å²) in [5, 5.41) is 3.61. The Hall–Kier alpha value is -0.510. The lowest BCUT2D eigenvalue weighted by molar-refractivity contribution is -0.0858. The first kappa shape index (κ1) is 15.4. The monoisotopic (exact) mass is 305 g/mol. The molecule has 2 saturated heterocycles. The van der Waals surface area contributed by atoms with Crippen LogP contribution in [-0.4, -0.2) is 36.8 Å². The van der Waals surface area contributed by atoms with E-state index in [4.69, 9.17) is 4.74 Å². The topological polar surface area (TPSA) is 21.3 Å². The zero-order valence-corrected chi connectivity index (χ0v) is 14.0. The second kappa shape index (κ2) is 6.72. The second-order valence-electron chi connectivity index (χ2n) is 6.60. The van der Waals surface area contributed by atoms with Crippen molar-refractivity contribution in [2.75, 3.05) is 25.2 Å². The lowest BCUT2D eigenvalue weighted by Crippen LogP contribution is -2.48. The zero-order chi connectivity index (χ0) is 14.7. The molecule has 2 nitrogen and oxygen atoms in total. The lowest BCUT2D eigenvalue weighted by Gasteiger charge is -2.42. The van der Waals surface area contributed by atoms with Crippen molar-refractivity contribution in [1.29, 1.82) is 0 Å². The van der Waals surface area contributed by atoms with Gasteiger partial charge in [-0.3, -0.25) is 0 Å². The van der Waals surface area contributed by atoms with Crippen molar-refractivity contribution in [3.8, 4) is 0 Å². The van der Waals surface area contributed by atoms with Crippen LogP contribution in [-0.2, 0) is 4.74 Å². The van der Waals surface area contributed by atoms with Crippen molar-refractivity contribution in [1.82, 2.24) is 5.32 Å². The molecule has 116 valence electrons. The van der Waals surface area contributed by atoms with E-state index in [2.05, 4.69) is 61.4 Å². The van der Waals surface area contributed by atoms with Crippen molar-refractivity contribution in [2.24, 2.45) is 5.92 Å². The molecular weight excluding hydrogens is 278 g/mol. The number of rotatable bonds is 4. The fourth-order valence-electron chi connectivity index (χ4n) is 4.09. The van der Waals surface area contributed by atoms with Crippen LogP contribution >= 0.6 is 11.8 Å². The van der Waals surface area contributed by atoms with Crippen LogP contribution in [0.1, 0.15) is 37.7 Å². The largest absolute Gasteiger partial charge is 0.374 e. The maximum Gasteiger partial charge on any atom is 0.0783 e. The summed E-state index contributed by atoms with van der Waals surface area (Å²) in [6.07, 6.45) is 3.65. The molecule has 4 atom stereocenters. The summed E-state index contributed by atoms with van der Waals surface area (Å²) in [6, 6.07) is 11.5. The Kier molecular flexibility index (Phi) is 4.92. The molecule has 1 aromatic carbocycles. The zero-order valence-electron chi connectivity index (χ0n) is 13.2. The summed E-state index contributed by atoms with van der Waals surface area (Å²) in [7, 11) is 2.12. The maximum atomic E-state index is 6.19. The van der Waals surface area contributed by atoms with Gasteiger partial charge in [-0.2, -0.15) is 11.8 Å². The number of hydrogen-bond donors (Lipinski definition) is 1. The lowest BCUT2D eigenvalue weighted by atomic mass is 9.76. The van der Waals surface area contributed by atoms with Crippen LogP contribution in [0.4, 0.5) is 0 Å². The number of thioether (sulfide) groups is 1. The molecule has 1 aromatic rings. The first-order valence-corrected chi connectivity index (χ1v) is 9.33. The number of hydrogen-bond acceptors (Lipinski definition) is 3. The normalized spacial score (nSPS) is 32.2. The molecule has 2 aliphatic rings. The van der Waals surface area contributed by atoms with E-state index < -0.39 is 0 Å². The molecule has 2 fully saturated rings. The summed E-state index contributed by atoms with van der Waals surface area (Å²) in [5.41, 5.74) is 1.62. The van der Waals surface area contributed by atoms with Crippen LogP contribution in [0, 0.1) is 5.92 Å². The van der Waals surface area contributed by atoms with E-state index in [1.165, 1.54) is 36.3 Å². The number of ether oxygens (including phenoxy) is 1. The molecule has 0 bridgehead atoms. The first-order valence-electron chi connectivity index (χ1n) is 8.18. The molecule has 0 amide bonds. The Morgan fingerprint density at radius 1 is 1.33 bits per heavy atom. The molecule has 2 aliphatic heterocycles. The molecule has 3 heteroatoms. The maximum absolute atomic E-state index is 6.19. The molecule has 3 rings (SSSR count). The van der Waals surface area contributed by atoms with Gasteiger partial charge in [0.15, 0.2) is 0 Å². The van der Waals surface area contributed by atoms with E-state index in [-0.39, 0.29) is 5.60 Å².